The van der Waals surface area contributed by atoms with E-state index in [0.717, 1.165) is 19.0 Å². The van der Waals surface area contributed by atoms with Gasteiger partial charge in [0.05, 0.1) is 6.61 Å². The molecule has 0 unspecified atom stereocenters. The lowest BCUT2D eigenvalue weighted by Gasteiger charge is -2.30. The highest BCUT2D eigenvalue weighted by Gasteiger charge is 2.18. The molecular weight excluding hydrogens is 217 g/mol. The van der Waals surface area contributed by atoms with Crippen LogP contribution in [0.4, 0.5) is 4.39 Å². The van der Waals surface area contributed by atoms with Gasteiger partial charge >= 0.3 is 0 Å². The van der Waals surface area contributed by atoms with E-state index < -0.39 is 0 Å². The summed E-state index contributed by atoms with van der Waals surface area (Å²) in [6.45, 7) is 4.85. The first-order valence-corrected chi connectivity index (χ1v) is 6.30. The topological polar surface area (TPSA) is 23.5 Å². The largest absolute Gasteiger partial charge is 0.392 e. The predicted octanol–water partition coefficient (Wildman–Crippen LogP) is 2.55. The van der Waals surface area contributed by atoms with Crippen molar-refractivity contribution in [3.8, 4) is 0 Å². The van der Waals surface area contributed by atoms with Crippen LogP contribution in [0.3, 0.4) is 0 Å². The molecule has 0 spiro atoms. The van der Waals surface area contributed by atoms with Crippen molar-refractivity contribution in [2.45, 2.75) is 32.9 Å². The van der Waals surface area contributed by atoms with Gasteiger partial charge in [0.2, 0.25) is 0 Å². The molecule has 1 N–H and O–H groups in total. The fourth-order valence-corrected chi connectivity index (χ4v) is 2.37. The number of piperidine rings is 1. The first-order valence-electron chi connectivity index (χ1n) is 6.30. The van der Waals surface area contributed by atoms with Gasteiger partial charge in [-0.25, -0.2) is 4.39 Å². The molecule has 17 heavy (non-hydrogen) atoms. The second-order valence-electron chi connectivity index (χ2n) is 4.99. The van der Waals surface area contributed by atoms with E-state index in [0.29, 0.717) is 17.7 Å². The zero-order valence-corrected chi connectivity index (χ0v) is 10.3. The third kappa shape index (κ3) is 3.05. The monoisotopic (exact) mass is 237 g/mol. The molecule has 2 nitrogen and oxygen atoms in total. The van der Waals surface area contributed by atoms with Crippen molar-refractivity contribution < 1.29 is 9.50 Å². The third-order valence-electron chi connectivity index (χ3n) is 3.64. The van der Waals surface area contributed by atoms with Gasteiger partial charge in [-0.2, -0.15) is 0 Å². The second kappa shape index (κ2) is 5.61. The van der Waals surface area contributed by atoms with E-state index in [1.54, 1.807) is 12.1 Å². The standard InChI is InChI=1S/C14H20FNO/c1-11-5-7-16(8-6-11)9-13-12(10-17)3-2-4-14(13)15/h2-4,11,17H,5-10H2,1H3. The summed E-state index contributed by atoms with van der Waals surface area (Å²) in [6.07, 6.45) is 2.37. The summed E-state index contributed by atoms with van der Waals surface area (Å²) in [4.78, 5) is 2.28. The Labute approximate surface area is 102 Å². The minimum Gasteiger partial charge on any atom is -0.392 e. The van der Waals surface area contributed by atoms with Crippen molar-refractivity contribution in [3.63, 3.8) is 0 Å². The molecule has 1 aliphatic rings. The van der Waals surface area contributed by atoms with E-state index in [1.807, 2.05) is 0 Å². The van der Waals surface area contributed by atoms with Gasteiger partial charge in [-0.1, -0.05) is 19.1 Å². The molecule has 3 heteroatoms. The summed E-state index contributed by atoms with van der Waals surface area (Å²) in [7, 11) is 0. The van der Waals surface area contributed by atoms with Crippen LogP contribution < -0.4 is 0 Å². The molecule has 1 heterocycles. The van der Waals surface area contributed by atoms with Crippen LogP contribution in [0.15, 0.2) is 18.2 Å². The van der Waals surface area contributed by atoms with E-state index in [2.05, 4.69) is 11.8 Å². The number of halogens is 1. The second-order valence-corrected chi connectivity index (χ2v) is 4.99. The Morgan fingerprint density at radius 2 is 2.06 bits per heavy atom. The summed E-state index contributed by atoms with van der Waals surface area (Å²) >= 11 is 0. The first kappa shape index (κ1) is 12.5. The number of rotatable bonds is 3. The van der Waals surface area contributed by atoms with Gasteiger partial charge in [0.1, 0.15) is 5.82 Å². The number of hydrogen-bond donors (Lipinski definition) is 1. The van der Waals surface area contributed by atoms with E-state index in [4.69, 9.17) is 0 Å². The Kier molecular flexibility index (Phi) is 4.13. The number of aliphatic hydroxyl groups excluding tert-OH is 1. The van der Waals surface area contributed by atoms with Crippen LogP contribution in [-0.4, -0.2) is 23.1 Å². The first-order chi connectivity index (χ1) is 8.20. The molecule has 0 amide bonds. The Morgan fingerprint density at radius 1 is 1.35 bits per heavy atom. The number of likely N-dealkylation sites (tertiary alicyclic amines) is 1. The maximum atomic E-state index is 13.7. The Hall–Kier alpha value is -0.930. The molecule has 0 atom stereocenters. The summed E-state index contributed by atoms with van der Waals surface area (Å²) < 4.78 is 13.7. The fraction of sp³-hybridized carbons (Fsp3) is 0.571. The average Bonchev–Trinajstić information content (AvgIpc) is 2.34. The third-order valence-corrected chi connectivity index (χ3v) is 3.64. The van der Waals surface area contributed by atoms with Crippen LogP contribution in [0, 0.1) is 11.7 Å². The average molecular weight is 237 g/mol. The van der Waals surface area contributed by atoms with Crippen molar-refractivity contribution in [2.75, 3.05) is 13.1 Å². The SMILES string of the molecule is CC1CCN(Cc2c(F)cccc2CO)CC1. The van der Waals surface area contributed by atoms with E-state index >= 15 is 0 Å². The molecule has 0 aromatic heterocycles. The highest BCUT2D eigenvalue weighted by molar-refractivity contribution is 5.28. The normalized spacial score (nSPS) is 18.5. The Balaban J connectivity index is 2.07. The van der Waals surface area contributed by atoms with Crippen molar-refractivity contribution in [2.24, 2.45) is 5.92 Å². The smallest absolute Gasteiger partial charge is 0.128 e. The van der Waals surface area contributed by atoms with Gasteiger partial charge in [0, 0.05) is 12.1 Å². The van der Waals surface area contributed by atoms with E-state index in [-0.39, 0.29) is 12.4 Å². The number of benzene rings is 1. The Bertz CT molecular complexity index is 372. The van der Waals surface area contributed by atoms with Crippen LogP contribution in [0.2, 0.25) is 0 Å². The van der Waals surface area contributed by atoms with Crippen LogP contribution in [-0.2, 0) is 13.2 Å². The fourth-order valence-electron chi connectivity index (χ4n) is 2.37. The molecule has 0 saturated carbocycles. The minimum absolute atomic E-state index is 0.0860. The maximum Gasteiger partial charge on any atom is 0.128 e. The van der Waals surface area contributed by atoms with Gasteiger partial charge < -0.3 is 5.11 Å². The number of aliphatic hydroxyl groups is 1. The zero-order valence-electron chi connectivity index (χ0n) is 10.3. The van der Waals surface area contributed by atoms with Gasteiger partial charge in [-0.15, -0.1) is 0 Å². The van der Waals surface area contributed by atoms with Crippen molar-refractivity contribution in [1.29, 1.82) is 0 Å². The molecule has 0 radical (unpaired) electrons. The predicted molar refractivity (Wildman–Crippen MR) is 66.0 cm³/mol. The van der Waals surface area contributed by atoms with Gasteiger partial charge in [0.15, 0.2) is 0 Å². The minimum atomic E-state index is -0.199. The van der Waals surface area contributed by atoms with Crippen molar-refractivity contribution in [1.82, 2.24) is 4.90 Å². The quantitative estimate of drug-likeness (QED) is 0.873. The lowest BCUT2D eigenvalue weighted by molar-refractivity contribution is 0.181. The zero-order chi connectivity index (χ0) is 12.3. The molecule has 94 valence electrons. The molecule has 1 saturated heterocycles. The van der Waals surface area contributed by atoms with Crippen molar-refractivity contribution in [3.05, 3.63) is 35.1 Å². The lowest BCUT2D eigenvalue weighted by Crippen LogP contribution is -2.33. The van der Waals surface area contributed by atoms with Crippen LogP contribution in [0.1, 0.15) is 30.9 Å². The van der Waals surface area contributed by atoms with Gasteiger partial charge in [-0.05, 0) is 43.5 Å². The highest BCUT2D eigenvalue weighted by atomic mass is 19.1. The maximum absolute atomic E-state index is 13.7. The summed E-state index contributed by atoms with van der Waals surface area (Å²) in [6, 6.07) is 4.93. The summed E-state index contributed by atoms with van der Waals surface area (Å²) in [5.74, 6) is 0.583. The number of nitrogens with zero attached hydrogens (tertiary/aromatic N) is 1. The van der Waals surface area contributed by atoms with Crippen molar-refractivity contribution >= 4 is 0 Å². The summed E-state index contributed by atoms with van der Waals surface area (Å²) in [5.41, 5.74) is 1.37. The summed E-state index contributed by atoms with van der Waals surface area (Å²) in [5, 5.41) is 9.23. The highest BCUT2D eigenvalue weighted by Crippen LogP contribution is 2.21. The molecule has 0 aliphatic carbocycles. The van der Waals surface area contributed by atoms with Crippen LogP contribution in [0.5, 0.6) is 0 Å². The number of hydrogen-bond acceptors (Lipinski definition) is 2. The molecule has 1 aromatic carbocycles. The molecule has 1 fully saturated rings. The molecule has 1 aromatic rings. The molecule has 0 bridgehead atoms. The molecule has 1 aliphatic heterocycles. The van der Waals surface area contributed by atoms with Gasteiger partial charge in [-0.3, -0.25) is 4.90 Å². The van der Waals surface area contributed by atoms with E-state index in [9.17, 15) is 9.50 Å². The van der Waals surface area contributed by atoms with Crippen LogP contribution >= 0.6 is 0 Å². The van der Waals surface area contributed by atoms with E-state index in [1.165, 1.54) is 18.9 Å². The lowest BCUT2D eigenvalue weighted by atomic mass is 9.98. The van der Waals surface area contributed by atoms with Gasteiger partial charge in [0.25, 0.3) is 0 Å². The van der Waals surface area contributed by atoms with Crippen LogP contribution in [0.25, 0.3) is 0 Å². The molecular formula is C14H20FNO. The molecule has 2 rings (SSSR count). The Morgan fingerprint density at radius 3 is 2.71 bits per heavy atom.